The highest BCUT2D eigenvalue weighted by atomic mass is 16.5. The standard InChI is InChI=1S/C9H10O4/c1-6(2-5-8(10)11)9(12)13-7-3-4-7/h2,5,7H,1,3-4H2,(H,10,11). The summed E-state index contributed by atoms with van der Waals surface area (Å²) in [5.74, 6) is -1.65. The molecule has 13 heavy (non-hydrogen) atoms. The SMILES string of the molecule is C=C(C=CC(=O)O)C(=O)OC1CC1. The van der Waals surface area contributed by atoms with Gasteiger partial charge in [0, 0.05) is 6.08 Å². The van der Waals surface area contributed by atoms with Gasteiger partial charge < -0.3 is 9.84 Å². The van der Waals surface area contributed by atoms with E-state index >= 15 is 0 Å². The fraction of sp³-hybridized carbons (Fsp3) is 0.333. The van der Waals surface area contributed by atoms with Gasteiger partial charge >= 0.3 is 11.9 Å². The van der Waals surface area contributed by atoms with E-state index in [0.29, 0.717) is 0 Å². The van der Waals surface area contributed by atoms with E-state index in [1.54, 1.807) is 0 Å². The van der Waals surface area contributed by atoms with Crippen LogP contribution in [0.15, 0.2) is 24.3 Å². The van der Waals surface area contributed by atoms with Crippen LogP contribution in [0, 0.1) is 0 Å². The molecule has 1 saturated carbocycles. The summed E-state index contributed by atoms with van der Waals surface area (Å²) in [4.78, 5) is 21.1. The molecule has 1 fully saturated rings. The molecule has 0 unspecified atom stereocenters. The average molecular weight is 182 g/mol. The third kappa shape index (κ3) is 3.55. The molecule has 0 bridgehead atoms. The fourth-order valence-corrected chi connectivity index (χ4v) is 0.653. The molecular formula is C9H10O4. The second kappa shape index (κ2) is 3.89. The highest BCUT2D eigenvalue weighted by Gasteiger charge is 2.26. The van der Waals surface area contributed by atoms with Crippen molar-refractivity contribution in [3.05, 3.63) is 24.3 Å². The Labute approximate surface area is 75.5 Å². The zero-order valence-electron chi connectivity index (χ0n) is 7.03. The summed E-state index contributed by atoms with van der Waals surface area (Å²) >= 11 is 0. The Bertz CT molecular complexity index is 273. The largest absolute Gasteiger partial charge is 0.478 e. The van der Waals surface area contributed by atoms with Crippen molar-refractivity contribution < 1.29 is 19.4 Å². The minimum Gasteiger partial charge on any atom is -0.478 e. The third-order valence-electron chi connectivity index (χ3n) is 1.49. The van der Waals surface area contributed by atoms with E-state index < -0.39 is 11.9 Å². The van der Waals surface area contributed by atoms with Crippen molar-refractivity contribution in [1.29, 1.82) is 0 Å². The van der Waals surface area contributed by atoms with E-state index in [-0.39, 0.29) is 11.7 Å². The fourth-order valence-electron chi connectivity index (χ4n) is 0.653. The number of carboxylic acids is 1. The highest BCUT2D eigenvalue weighted by Crippen LogP contribution is 2.24. The second-order valence-electron chi connectivity index (χ2n) is 2.80. The molecule has 0 aromatic rings. The molecule has 70 valence electrons. The van der Waals surface area contributed by atoms with Crippen LogP contribution in [0.4, 0.5) is 0 Å². The lowest BCUT2D eigenvalue weighted by atomic mass is 10.3. The van der Waals surface area contributed by atoms with Crippen molar-refractivity contribution in [3.63, 3.8) is 0 Å². The maximum Gasteiger partial charge on any atom is 0.337 e. The third-order valence-corrected chi connectivity index (χ3v) is 1.49. The van der Waals surface area contributed by atoms with E-state index in [4.69, 9.17) is 9.84 Å². The van der Waals surface area contributed by atoms with Gasteiger partial charge in [0.05, 0.1) is 5.57 Å². The number of hydrogen-bond acceptors (Lipinski definition) is 3. The summed E-state index contributed by atoms with van der Waals surface area (Å²) in [7, 11) is 0. The first-order valence-corrected chi connectivity index (χ1v) is 3.90. The van der Waals surface area contributed by atoms with E-state index in [2.05, 4.69) is 6.58 Å². The van der Waals surface area contributed by atoms with Gasteiger partial charge in [-0.3, -0.25) is 0 Å². The van der Waals surface area contributed by atoms with Crippen LogP contribution < -0.4 is 0 Å². The molecule has 0 aromatic heterocycles. The van der Waals surface area contributed by atoms with Gasteiger partial charge in [0.2, 0.25) is 0 Å². The van der Waals surface area contributed by atoms with Crippen LogP contribution in [0.2, 0.25) is 0 Å². The number of rotatable bonds is 4. The van der Waals surface area contributed by atoms with E-state index in [9.17, 15) is 9.59 Å². The predicted octanol–water partition coefficient (Wildman–Crippen LogP) is 0.889. The number of esters is 1. The molecule has 1 aliphatic rings. The lowest BCUT2D eigenvalue weighted by Crippen LogP contribution is -2.07. The first kappa shape index (κ1) is 9.51. The summed E-state index contributed by atoms with van der Waals surface area (Å²) in [6, 6.07) is 0. The van der Waals surface area contributed by atoms with Crippen molar-refractivity contribution >= 4 is 11.9 Å². The summed E-state index contributed by atoms with van der Waals surface area (Å²) in [5, 5.41) is 8.26. The van der Waals surface area contributed by atoms with Crippen LogP contribution in [0.3, 0.4) is 0 Å². The molecule has 0 amide bonds. The monoisotopic (exact) mass is 182 g/mol. The highest BCUT2D eigenvalue weighted by molar-refractivity contribution is 5.93. The Balaban J connectivity index is 2.36. The van der Waals surface area contributed by atoms with Crippen LogP contribution in [0.25, 0.3) is 0 Å². The molecule has 0 heterocycles. The minimum atomic E-state index is -1.11. The molecule has 0 atom stereocenters. The number of carboxylic acid groups (broad SMARTS) is 1. The van der Waals surface area contributed by atoms with E-state index in [0.717, 1.165) is 25.0 Å². The van der Waals surface area contributed by atoms with Gasteiger partial charge in [-0.25, -0.2) is 9.59 Å². The molecule has 4 heteroatoms. The molecule has 0 spiro atoms. The molecule has 0 saturated heterocycles. The van der Waals surface area contributed by atoms with Crippen molar-refractivity contribution in [1.82, 2.24) is 0 Å². The van der Waals surface area contributed by atoms with Gasteiger partial charge in [-0.05, 0) is 18.9 Å². The zero-order valence-corrected chi connectivity index (χ0v) is 7.03. The Morgan fingerprint density at radius 2 is 2.00 bits per heavy atom. The number of carbonyl (C=O) groups excluding carboxylic acids is 1. The summed E-state index contributed by atoms with van der Waals surface area (Å²) in [6.07, 6.45) is 3.79. The number of hydrogen-bond donors (Lipinski definition) is 1. The maximum absolute atomic E-state index is 11.0. The lowest BCUT2D eigenvalue weighted by molar-refractivity contribution is -0.139. The van der Waals surface area contributed by atoms with Gasteiger partial charge in [-0.2, -0.15) is 0 Å². The maximum atomic E-state index is 11.0. The number of carbonyl (C=O) groups is 2. The Morgan fingerprint density at radius 1 is 1.38 bits per heavy atom. The molecular weight excluding hydrogens is 172 g/mol. The van der Waals surface area contributed by atoms with Crippen LogP contribution >= 0.6 is 0 Å². The van der Waals surface area contributed by atoms with Crippen molar-refractivity contribution in [2.24, 2.45) is 0 Å². The van der Waals surface area contributed by atoms with Gasteiger partial charge in [0.1, 0.15) is 6.10 Å². The van der Waals surface area contributed by atoms with Crippen LogP contribution in [-0.4, -0.2) is 23.1 Å². The quantitative estimate of drug-likeness (QED) is 0.398. The predicted molar refractivity (Wildman–Crippen MR) is 45.0 cm³/mol. The van der Waals surface area contributed by atoms with Crippen LogP contribution in [-0.2, 0) is 14.3 Å². The smallest absolute Gasteiger partial charge is 0.337 e. The van der Waals surface area contributed by atoms with Crippen molar-refractivity contribution in [2.75, 3.05) is 0 Å². The minimum absolute atomic E-state index is 0.0162. The molecule has 1 N–H and O–H groups in total. The Kier molecular flexibility index (Phi) is 2.84. The molecule has 4 nitrogen and oxygen atoms in total. The van der Waals surface area contributed by atoms with Gasteiger partial charge in [0.15, 0.2) is 0 Å². The van der Waals surface area contributed by atoms with Crippen molar-refractivity contribution in [2.45, 2.75) is 18.9 Å². The summed E-state index contributed by atoms with van der Waals surface area (Å²) in [5.41, 5.74) is 0.0642. The van der Waals surface area contributed by atoms with E-state index in [1.165, 1.54) is 0 Å². The first-order chi connectivity index (χ1) is 6.09. The van der Waals surface area contributed by atoms with Crippen LogP contribution in [0.1, 0.15) is 12.8 Å². The molecule has 0 aliphatic heterocycles. The molecule has 1 aliphatic carbocycles. The lowest BCUT2D eigenvalue weighted by Gasteiger charge is -2.00. The summed E-state index contributed by atoms with van der Waals surface area (Å²) < 4.78 is 4.87. The average Bonchev–Trinajstić information content (AvgIpc) is 2.83. The number of aliphatic carboxylic acids is 1. The normalized spacial score (nSPS) is 15.7. The summed E-state index contributed by atoms with van der Waals surface area (Å²) in [6.45, 7) is 3.38. The van der Waals surface area contributed by atoms with Gasteiger partial charge in [-0.1, -0.05) is 6.58 Å². The second-order valence-corrected chi connectivity index (χ2v) is 2.80. The van der Waals surface area contributed by atoms with Gasteiger partial charge in [0.25, 0.3) is 0 Å². The Morgan fingerprint density at radius 3 is 2.46 bits per heavy atom. The zero-order chi connectivity index (χ0) is 9.84. The topological polar surface area (TPSA) is 63.6 Å². The van der Waals surface area contributed by atoms with Crippen molar-refractivity contribution in [3.8, 4) is 0 Å². The number of ether oxygens (including phenoxy) is 1. The van der Waals surface area contributed by atoms with Crippen LogP contribution in [0.5, 0.6) is 0 Å². The molecule has 1 rings (SSSR count). The molecule has 0 aromatic carbocycles. The van der Waals surface area contributed by atoms with Gasteiger partial charge in [-0.15, -0.1) is 0 Å². The molecule has 0 radical (unpaired) electrons. The van der Waals surface area contributed by atoms with E-state index in [1.807, 2.05) is 0 Å². The first-order valence-electron chi connectivity index (χ1n) is 3.90. The Hall–Kier alpha value is -1.58.